The Morgan fingerprint density at radius 1 is 0.860 bits per heavy atom. The van der Waals surface area contributed by atoms with E-state index in [-0.39, 0.29) is 38.0 Å². The fraction of sp³-hybridized carbons (Fsp3) is 0.657. The van der Waals surface area contributed by atoms with E-state index < -0.39 is 92.6 Å². The molecule has 20 nitrogen and oxygen atoms in total. The van der Waals surface area contributed by atoms with Crippen LogP contribution >= 0.6 is 20.0 Å². The van der Waals surface area contributed by atoms with Gasteiger partial charge in [0.25, 0.3) is 0 Å². The predicted octanol–water partition coefficient (Wildman–Crippen LogP) is 1.79. The van der Waals surface area contributed by atoms with Gasteiger partial charge in [0.2, 0.25) is 5.91 Å². The minimum atomic E-state index is -4.48. The normalized spacial score (nSPS) is 26.5. The van der Waals surface area contributed by atoms with Crippen molar-refractivity contribution in [3.63, 3.8) is 0 Å². The highest BCUT2D eigenvalue weighted by atomic mass is 32.1. The first-order valence-electron chi connectivity index (χ1n) is 18.0. The van der Waals surface area contributed by atoms with Gasteiger partial charge in [-0.25, -0.2) is 9.36 Å². The summed E-state index contributed by atoms with van der Waals surface area (Å²) in [6, 6.07) is 7.39. The molecule has 0 bridgehead atoms. The minimum absolute atomic E-state index is 0.00455. The highest BCUT2D eigenvalue weighted by Gasteiger charge is 2.51. The molecule has 4 N–H and O–H groups in total. The van der Waals surface area contributed by atoms with Crippen LogP contribution in [0.1, 0.15) is 52.5 Å². The summed E-state index contributed by atoms with van der Waals surface area (Å²) in [4.78, 5) is 70.3. The Kier molecular flexibility index (Phi) is 19.5. The highest BCUT2D eigenvalue weighted by Crippen LogP contribution is 2.48. The monoisotopic (exact) mass is 849 g/mol. The van der Waals surface area contributed by atoms with Crippen LogP contribution in [0, 0.1) is 5.92 Å². The molecule has 22 heteroatoms. The maximum atomic E-state index is 12.4. The molecular weight excluding hydrogens is 797 g/mol. The number of phosphoric ester groups is 1. The maximum Gasteiger partial charge on any atom is 0.508 e. The number of phosphoric acid groups is 1. The van der Waals surface area contributed by atoms with Crippen molar-refractivity contribution in [2.45, 2.75) is 102 Å². The zero-order valence-corrected chi connectivity index (χ0v) is 34.3. The maximum absolute atomic E-state index is 12.4. The minimum Gasteiger partial charge on any atom is -0.463 e. The summed E-state index contributed by atoms with van der Waals surface area (Å²) in [6.07, 6.45) is -6.32. The molecule has 1 amide bonds. The van der Waals surface area contributed by atoms with E-state index in [1.807, 2.05) is 6.07 Å². The Bertz CT molecular complexity index is 1560. The van der Waals surface area contributed by atoms with Crippen LogP contribution in [0.5, 0.6) is 0 Å². The van der Waals surface area contributed by atoms with Crippen LogP contribution in [0.25, 0.3) is 0 Å². The van der Waals surface area contributed by atoms with Crippen molar-refractivity contribution < 1.29 is 80.4 Å². The molecule has 320 valence electrons. The lowest BCUT2D eigenvalue weighted by Gasteiger charge is -2.44. The Labute approximate surface area is 335 Å². The van der Waals surface area contributed by atoms with Gasteiger partial charge in [0.15, 0.2) is 23.6 Å². The van der Waals surface area contributed by atoms with Crippen LogP contribution in [0.4, 0.5) is 4.79 Å². The molecule has 1 saturated heterocycles. The Morgan fingerprint density at radius 2 is 1.54 bits per heavy atom. The van der Waals surface area contributed by atoms with Gasteiger partial charge >= 0.3 is 31.9 Å². The Balaban J connectivity index is 1.56. The van der Waals surface area contributed by atoms with Gasteiger partial charge in [0, 0.05) is 61.0 Å². The first-order chi connectivity index (χ1) is 27.0. The smallest absolute Gasteiger partial charge is 0.463 e. The van der Waals surface area contributed by atoms with E-state index in [4.69, 9.17) is 54.6 Å². The summed E-state index contributed by atoms with van der Waals surface area (Å²) in [5.74, 6) is -3.19. The SMILES string of the molecule is CO[C@H]1C(OP(=O)(O)OC)[C@@H](COC(=O)OCc2ccccc2)C[C@H]1NC(=S)NCCCCO[C@@H]1O[C@H](COC(C)=O)[C@H](OC(C)=O)[C@H](OC(C)=O)[C@H]1NC(C)=O. The summed E-state index contributed by atoms with van der Waals surface area (Å²) in [5, 5.41) is 9.09. The molecule has 2 unspecified atom stereocenters. The number of hydrogen-bond acceptors (Lipinski definition) is 17. The number of esters is 3. The van der Waals surface area contributed by atoms with Crippen LogP contribution in [0.15, 0.2) is 30.3 Å². The van der Waals surface area contributed by atoms with E-state index in [0.29, 0.717) is 19.4 Å². The molecule has 10 atom stereocenters. The Hall–Kier alpha value is -3.95. The van der Waals surface area contributed by atoms with Crippen molar-refractivity contribution in [3.05, 3.63) is 35.9 Å². The second-order valence-corrected chi connectivity index (χ2v) is 15.0. The number of unbranched alkanes of at least 4 members (excludes halogenated alkanes) is 1. The quantitative estimate of drug-likeness (QED) is 0.0480. The third kappa shape index (κ3) is 16.1. The summed E-state index contributed by atoms with van der Waals surface area (Å²) in [7, 11) is -2.06. The first-order valence-corrected chi connectivity index (χ1v) is 19.9. The second-order valence-electron chi connectivity index (χ2n) is 13.1. The Morgan fingerprint density at radius 3 is 2.16 bits per heavy atom. The predicted molar refractivity (Wildman–Crippen MR) is 200 cm³/mol. The molecule has 0 aromatic heterocycles. The molecule has 0 spiro atoms. The standard InChI is InChI=1S/C35H52N3O17PS/c1-20(39)37-28-32(53-23(4)42)31(52-22(3)41)27(19-49-21(2)40)54-33(28)48-15-11-10-14-36-34(57)38-26-16-25(29(30(26)46-5)55-56(44,45)47-6)18-51-35(43)50-17-24-12-8-7-9-13-24/h7-9,12-13,25-33H,10-11,14-19H2,1-6H3,(H,37,39)(H,44,45)(H2,36,38,57)/t25-,26-,27-,28-,29?,30-,31+,32-,33-/m1/s1. The molecule has 1 aromatic rings. The molecule has 3 rings (SSSR count). The molecule has 1 aromatic carbocycles. The van der Waals surface area contributed by atoms with Gasteiger partial charge < -0.3 is 58.7 Å². The highest BCUT2D eigenvalue weighted by molar-refractivity contribution is 7.80. The van der Waals surface area contributed by atoms with Crippen molar-refractivity contribution in [1.82, 2.24) is 16.0 Å². The van der Waals surface area contributed by atoms with Crippen LogP contribution in [0.3, 0.4) is 0 Å². The van der Waals surface area contributed by atoms with E-state index in [1.54, 1.807) is 24.3 Å². The number of methoxy groups -OCH3 is 1. The van der Waals surface area contributed by atoms with E-state index in [0.717, 1.165) is 26.5 Å². The van der Waals surface area contributed by atoms with Crippen LogP contribution in [-0.4, -0.2) is 129 Å². The molecule has 2 fully saturated rings. The number of rotatable bonds is 20. The fourth-order valence-electron chi connectivity index (χ4n) is 6.25. The zero-order chi connectivity index (χ0) is 42.1. The number of nitrogens with one attached hydrogen (secondary N) is 3. The van der Waals surface area contributed by atoms with Crippen LogP contribution < -0.4 is 16.0 Å². The first kappa shape index (κ1) is 47.4. The molecule has 1 aliphatic heterocycles. The molecule has 2 aliphatic rings. The van der Waals surface area contributed by atoms with Crippen molar-refractivity contribution >= 4 is 55.1 Å². The van der Waals surface area contributed by atoms with Crippen LogP contribution in [-0.2, 0) is 77.3 Å². The summed E-state index contributed by atoms with van der Waals surface area (Å²) >= 11 is 5.51. The van der Waals surface area contributed by atoms with Gasteiger partial charge in [-0.05, 0) is 37.0 Å². The number of thiocarbonyl (C=S) groups is 1. The van der Waals surface area contributed by atoms with Gasteiger partial charge in [0.1, 0.15) is 44.2 Å². The molecule has 1 saturated carbocycles. The average Bonchev–Trinajstić information content (AvgIpc) is 3.46. The van der Waals surface area contributed by atoms with Gasteiger partial charge in [-0.1, -0.05) is 30.3 Å². The number of ether oxygens (including phenoxy) is 8. The number of hydrogen-bond donors (Lipinski definition) is 4. The third-order valence-electron chi connectivity index (χ3n) is 8.64. The third-order valence-corrected chi connectivity index (χ3v) is 9.87. The lowest BCUT2D eigenvalue weighted by atomic mass is 9.96. The fourth-order valence-corrected chi connectivity index (χ4v) is 7.19. The molecular formula is C35H52N3O17PS. The number of amides is 1. The number of benzene rings is 1. The topological polar surface area (TPSA) is 251 Å². The van der Waals surface area contributed by atoms with Crippen molar-refractivity contribution in [2.75, 3.05) is 40.6 Å². The largest absolute Gasteiger partial charge is 0.508 e. The van der Waals surface area contributed by atoms with Crippen molar-refractivity contribution in [1.29, 1.82) is 0 Å². The zero-order valence-electron chi connectivity index (χ0n) is 32.6. The number of carbonyl (C=O) groups excluding carboxylic acids is 5. The number of carbonyl (C=O) groups is 5. The van der Waals surface area contributed by atoms with E-state index in [9.17, 15) is 33.4 Å². The lowest BCUT2D eigenvalue weighted by Crippen LogP contribution is -2.66. The van der Waals surface area contributed by atoms with E-state index >= 15 is 0 Å². The summed E-state index contributed by atoms with van der Waals surface area (Å²) in [5.41, 5.74) is 0.764. The van der Waals surface area contributed by atoms with E-state index in [2.05, 4.69) is 20.5 Å². The lowest BCUT2D eigenvalue weighted by molar-refractivity contribution is -0.277. The van der Waals surface area contributed by atoms with Gasteiger partial charge in [0.05, 0.1) is 6.04 Å². The summed E-state index contributed by atoms with van der Waals surface area (Å²) < 4.78 is 66.6. The molecule has 0 radical (unpaired) electrons. The van der Waals surface area contributed by atoms with Crippen molar-refractivity contribution in [3.8, 4) is 0 Å². The average molecular weight is 850 g/mol. The van der Waals surface area contributed by atoms with Gasteiger partial charge in [-0.3, -0.25) is 28.2 Å². The van der Waals surface area contributed by atoms with E-state index in [1.165, 1.54) is 21.0 Å². The molecule has 1 heterocycles. The van der Waals surface area contributed by atoms with Gasteiger partial charge in [-0.15, -0.1) is 0 Å². The molecule has 1 aliphatic carbocycles. The molecule has 57 heavy (non-hydrogen) atoms. The second kappa shape index (κ2) is 23.5. The van der Waals surface area contributed by atoms with Gasteiger partial charge in [-0.2, -0.15) is 0 Å². The van der Waals surface area contributed by atoms with Crippen LogP contribution in [0.2, 0.25) is 0 Å². The van der Waals surface area contributed by atoms with Crippen molar-refractivity contribution in [2.24, 2.45) is 5.92 Å². The summed E-state index contributed by atoms with van der Waals surface area (Å²) in [6.45, 7) is 4.61.